The largest absolute Gasteiger partial charge is 0.378 e. The Morgan fingerprint density at radius 1 is 1.28 bits per heavy atom. The van der Waals surface area contributed by atoms with Crippen LogP contribution in [0.25, 0.3) is 0 Å². The van der Waals surface area contributed by atoms with Crippen LogP contribution in [0.3, 0.4) is 0 Å². The van der Waals surface area contributed by atoms with Gasteiger partial charge in [-0.25, -0.2) is 0 Å². The van der Waals surface area contributed by atoms with E-state index in [1.807, 2.05) is 49.2 Å². The van der Waals surface area contributed by atoms with Gasteiger partial charge in [0.05, 0.1) is 37.2 Å². The third kappa shape index (κ3) is 4.58. The number of amides is 1. The van der Waals surface area contributed by atoms with Gasteiger partial charge in [0, 0.05) is 31.5 Å². The summed E-state index contributed by atoms with van der Waals surface area (Å²) in [4.78, 5) is 17.0. The smallest absolute Gasteiger partial charge is 0.257 e. The standard InChI is InChI=1S/C18H25N5O2/c1-21(2)7-8-23-14-15(13-19-23)20-18(24)16-5-3-4-6-17(16)22-9-11-25-12-10-22/h3-6,13-14H,7-12H2,1-2H3,(H,20,24). The van der Waals surface area contributed by atoms with Crippen molar-refractivity contribution in [3.05, 3.63) is 42.2 Å². The van der Waals surface area contributed by atoms with E-state index < -0.39 is 0 Å². The predicted octanol–water partition coefficient (Wildman–Crippen LogP) is 1.53. The number of likely N-dealkylation sites (N-methyl/N-ethyl adjacent to an activating group) is 1. The zero-order valence-corrected chi connectivity index (χ0v) is 14.8. The van der Waals surface area contributed by atoms with Crippen molar-refractivity contribution < 1.29 is 9.53 Å². The first-order valence-corrected chi connectivity index (χ1v) is 8.54. The molecule has 3 rings (SSSR count). The summed E-state index contributed by atoms with van der Waals surface area (Å²) < 4.78 is 7.24. The first kappa shape index (κ1) is 17.4. The first-order valence-electron chi connectivity index (χ1n) is 8.54. The minimum Gasteiger partial charge on any atom is -0.378 e. The van der Waals surface area contributed by atoms with Crippen molar-refractivity contribution in [3.63, 3.8) is 0 Å². The molecule has 0 saturated carbocycles. The second-order valence-corrected chi connectivity index (χ2v) is 6.37. The van der Waals surface area contributed by atoms with Gasteiger partial charge in [0.25, 0.3) is 5.91 Å². The average Bonchev–Trinajstić information content (AvgIpc) is 3.08. The summed E-state index contributed by atoms with van der Waals surface area (Å²) in [6, 6.07) is 7.69. The number of aromatic nitrogens is 2. The zero-order valence-electron chi connectivity index (χ0n) is 14.8. The number of hydrogen-bond acceptors (Lipinski definition) is 5. The lowest BCUT2D eigenvalue weighted by molar-refractivity contribution is 0.102. The predicted molar refractivity (Wildman–Crippen MR) is 98.2 cm³/mol. The highest BCUT2D eigenvalue weighted by Crippen LogP contribution is 2.22. The Kier molecular flexibility index (Phi) is 5.67. The molecule has 1 aliphatic heterocycles. The number of nitrogens with zero attached hydrogens (tertiary/aromatic N) is 4. The molecule has 0 unspecified atom stereocenters. The molecule has 1 fully saturated rings. The van der Waals surface area contributed by atoms with Gasteiger partial charge in [0.2, 0.25) is 0 Å². The summed E-state index contributed by atoms with van der Waals surface area (Å²) in [6.45, 7) is 4.66. The van der Waals surface area contributed by atoms with E-state index in [9.17, 15) is 4.79 Å². The molecule has 7 heteroatoms. The molecular formula is C18H25N5O2. The Labute approximate surface area is 148 Å². The molecule has 134 valence electrons. The summed E-state index contributed by atoms with van der Waals surface area (Å²) in [5.74, 6) is -0.116. The van der Waals surface area contributed by atoms with Crippen molar-refractivity contribution in [1.82, 2.24) is 14.7 Å². The summed E-state index contributed by atoms with van der Waals surface area (Å²) >= 11 is 0. The van der Waals surface area contributed by atoms with E-state index in [1.54, 1.807) is 6.20 Å². The minimum absolute atomic E-state index is 0.116. The Hall–Kier alpha value is -2.38. The van der Waals surface area contributed by atoms with Crippen molar-refractivity contribution in [2.75, 3.05) is 57.2 Å². The fraction of sp³-hybridized carbons (Fsp3) is 0.444. The van der Waals surface area contributed by atoms with E-state index >= 15 is 0 Å². The normalized spacial score (nSPS) is 14.8. The van der Waals surface area contributed by atoms with Gasteiger partial charge < -0.3 is 19.9 Å². The highest BCUT2D eigenvalue weighted by atomic mass is 16.5. The van der Waals surface area contributed by atoms with E-state index in [-0.39, 0.29) is 5.91 Å². The maximum Gasteiger partial charge on any atom is 0.257 e. The van der Waals surface area contributed by atoms with Crippen molar-refractivity contribution in [2.45, 2.75) is 6.54 Å². The van der Waals surface area contributed by atoms with Crippen LogP contribution in [-0.2, 0) is 11.3 Å². The van der Waals surface area contributed by atoms with Crippen molar-refractivity contribution in [3.8, 4) is 0 Å². The summed E-state index contributed by atoms with van der Waals surface area (Å²) in [5.41, 5.74) is 2.33. The number of morpholine rings is 1. The van der Waals surface area contributed by atoms with Crippen molar-refractivity contribution in [1.29, 1.82) is 0 Å². The van der Waals surface area contributed by atoms with Crippen LogP contribution in [0.1, 0.15) is 10.4 Å². The van der Waals surface area contributed by atoms with E-state index in [4.69, 9.17) is 4.74 Å². The molecule has 7 nitrogen and oxygen atoms in total. The molecule has 1 aromatic carbocycles. The molecule has 0 aliphatic carbocycles. The molecule has 2 aromatic rings. The van der Waals surface area contributed by atoms with Gasteiger partial charge in [-0.3, -0.25) is 9.48 Å². The van der Waals surface area contributed by atoms with Crippen LogP contribution in [0.5, 0.6) is 0 Å². The minimum atomic E-state index is -0.116. The molecule has 1 aliphatic rings. The number of hydrogen-bond donors (Lipinski definition) is 1. The fourth-order valence-corrected chi connectivity index (χ4v) is 2.80. The molecule has 25 heavy (non-hydrogen) atoms. The van der Waals surface area contributed by atoms with E-state index in [0.29, 0.717) is 24.5 Å². The van der Waals surface area contributed by atoms with Crippen LogP contribution in [0, 0.1) is 0 Å². The second-order valence-electron chi connectivity index (χ2n) is 6.37. The van der Waals surface area contributed by atoms with E-state index in [1.165, 1.54) is 0 Å². The molecule has 0 radical (unpaired) electrons. The molecule has 0 bridgehead atoms. The molecule has 1 amide bonds. The molecule has 1 N–H and O–H groups in total. The Bertz CT molecular complexity index is 707. The Morgan fingerprint density at radius 3 is 2.80 bits per heavy atom. The van der Waals surface area contributed by atoms with Gasteiger partial charge in [-0.05, 0) is 26.2 Å². The summed E-state index contributed by atoms with van der Waals surface area (Å²) in [7, 11) is 4.05. The molecule has 2 heterocycles. The SMILES string of the molecule is CN(C)CCn1cc(NC(=O)c2ccccc2N2CCOCC2)cn1. The number of rotatable bonds is 6. The number of carbonyl (C=O) groups is 1. The topological polar surface area (TPSA) is 62.6 Å². The van der Waals surface area contributed by atoms with Crippen LogP contribution < -0.4 is 10.2 Å². The molecule has 0 spiro atoms. The summed E-state index contributed by atoms with van der Waals surface area (Å²) in [5, 5.41) is 7.25. The van der Waals surface area contributed by atoms with E-state index in [0.717, 1.165) is 31.9 Å². The molecule has 1 aromatic heterocycles. The number of anilines is 2. The highest BCUT2D eigenvalue weighted by molar-refractivity contribution is 6.08. The van der Waals surface area contributed by atoms with Gasteiger partial charge in [-0.15, -0.1) is 0 Å². The third-order valence-corrected chi connectivity index (χ3v) is 4.17. The first-order chi connectivity index (χ1) is 12.1. The van der Waals surface area contributed by atoms with E-state index in [2.05, 4.69) is 20.2 Å². The lowest BCUT2D eigenvalue weighted by Crippen LogP contribution is -2.37. The number of benzene rings is 1. The zero-order chi connectivity index (χ0) is 17.6. The van der Waals surface area contributed by atoms with Crippen LogP contribution >= 0.6 is 0 Å². The molecular weight excluding hydrogens is 318 g/mol. The van der Waals surface area contributed by atoms with Crippen molar-refractivity contribution in [2.24, 2.45) is 0 Å². The Balaban J connectivity index is 1.69. The molecule has 1 saturated heterocycles. The fourth-order valence-electron chi connectivity index (χ4n) is 2.80. The van der Waals surface area contributed by atoms with Gasteiger partial charge in [0.1, 0.15) is 0 Å². The highest BCUT2D eigenvalue weighted by Gasteiger charge is 2.18. The van der Waals surface area contributed by atoms with Crippen LogP contribution in [0.15, 0.2) is 36.7 Å². The lowest BCUT2D eigenvalue weighted by Gasteiger charge is -2.30. The van der Waals surface area contributed by atoms with Gasteiger partial charge in [-0.2, -0.15) is 5.10 Å². The van der Waals surface area contributed by atoms with Crippen LogP contribution in [0.4, 0.5) is 11.4 Å². The van der Waals surface area contributed by atoms with Crippen molar-refractivity contribution >= 4 is 17.3 Å². The van der Waals surface area contributed by atoms with Gasteiger partial charge in [-0.1, -0.05) is 12.1 Å². The maximum absolute atomic E-state index is 12.7. The van der Waals surface area contributed by atoms with Crippen LogP contribution in [0.2, 0.25) is 0 Å². The monoisotopic (exact) mass is 343 g/mol. The average molecular weight is 343 g/mol. The lowest BCUT2D eigenvalue weighted by atomic mass is 10.1. The quantitative estimate of drug-likeness (QED) is 0.862. The van der Waals surface area contributed by atoms with Gasteiger partial charge >= 0.3 is 0 Å². The number of carbonyl (C=O) groups excluding carboxylic acids is 1. The van der Waals surface area contributed by atoms with Gasteiger partial charge in [0.15, 0.2) is 0 Å². The second kappa shape index (κ2) is 8.13. The maximum atomic E-state index is 12.7. The summed E-state index contributed by atoms with van der Waals surface area (Å²) in [6.07, 6.45) is 3.55. The Morgan fingerprint density at radius 2 is 2.04 bits per heavy atom. The number of para-hydroxylation sites is 1. The number of ether oxygens (including phenoxy) is 1. The molecule has 0 atom stereocenters. The number of nitrogens with one attached hydrogen (secondary N) is 1. The third-order valence-electron chi connectivity index (χ3n) is 4.17. The van der Waals surface area contributed by atoms with Crippen LogP contribution in [-0.4, -0.2) is 67.5 Å².